The predicted molar refractivity (Wildman–Crippen MR) is 86.9 cm³/mol. The fourth-order valence-corrected chi connectivity index (χ4v) is 2.46. The van der Waals surface area contributed by atoms with Gasteiger partial charge in [-0.1, -0.05) is 34.8 Å². The molecule has 0 radical (unpaired) electrons. The van der Waals surface area contributed by atoms with Crippen LogP contribution in [0, 0.1) is 6.92 Å². The highest BCUT2D eigenvalue weighted by molar-refractivity contribution is 6.43. The lowest BCUT2D eigenvalue weighted by molar-refractivity contribution is 0.0593. The molecule has 5 nitrogen and oxygen atoms in total. The summed E-state index contributed by atoms with van der Waals surface area (Å²) >= 11 is 18.2. The first-order valence-electron chi connectivity index (χ1n) is 6.22. The molecule has 0 atom stereocenters. The molecule has 2 aromatic rings. The molecule has 0 aliphatic rings. The van der Waals surface area contributed by atoms with E-state index in [-0.39, 0.29) is 15.9 Å². The molecule has 0 bridgehead atoms. The van der Waals surface area contributed by atoms with Crippen LogP contribution in [0.25, 0.3) is 0 Å². The Morgan fingerprint density at radius 1 is 1.36 bits per heavy atom. The van der Waals surface area contributed by atoms with Crippen LogP contribution in [0.15, 0.2) is 18.3 Å². The second-order valence-electron chi connectivity index (χ2n) is 4.34. The van der Waals surface area contributed by atoms with E-state index >= 15 is 0 Å². The number of halogens is 3. The highest BCUT2D eigenvalue weighted by Crippen LogP contribution is 2.33. The minimum Gasteiger partial charge on any atom is -0.464 e. The summed E-state index contributed by atoms with van der Waals surface area (Å²) in [5.74, 6) is -0.588. The van der Waals surface area contributed by atoms with Gasteiger partial charge in [-0.25, -0.2) is 9.78 Å². The molecule has 0 spiro atoms. The molecule has 0 unspecified atom stereocenters. The molecule has 2 aromatic heterocycles. The molecule has 22 heavy (non-hydrogen) atoms. The van der Waals surface area contributed by atoms with Crippen LogP contribution in [0.3, 0.4) is 0 Å². The van der Waals surface area contributed by atoms with E-state index in [2.05, 4.69) is 20.0 Å². The van der Waals surface area contributed by atoms with Crippen molar-refractivity contribution >= 4 is 46.5 Å². The van der Waals surface area contributed by atoms with Crippen molar-refractivity contribution in [2.75, 3.05) is 12.4 Å². The smallest absolute Gasteiger partial charge is 0.357 e. The Bertz CT molecular complexity index is 723. The number of anilines is 1. The Labute approximate surface area is 142 Å². The van der Waals surface area contributed by atoms with Crippen LogP contribution in [0.5, 0.6) is 0 Å². The van der Waals surface area contributed by atoms with Gasteiger partial charge in [-0.15, -0.1) is 0 Å². The fraction of sp³-hybridized carbons (Fsp3) is 0.214. The maximum atomic E-state index is 11.7. The maximum absolute atomic E-state index is 11.7. The SMILES string of the molecule is COC(=O)c1nc(Cl)c(Cl)c(NCc2ncccc2Cl)c1C. The molecule has 2 heterocycles. The average molecular weight is 361 g/mol. The normalized spacial score (nSPS) is 10.4. The molecular formula is C14H12Cl3N3O2. The molecule has 0 aliphatic carbocycles. The second-order valence-corrected chi connectivity index (χ2v) is 5.49. The number of esters is 1. The number of methoxy groups -OCH3 is 1. The monoisotopic (exact) mass is 359 g/mol. The summed E-state index contributed by atoms with van der Waals surface area (Å²) in [5, 5.41) is 3.85. The van der Waals surface area contributed by atoms with Gasteiger partial charge in [-0.05, 0) is 19.1 Å². The lowest BCUT2D eigenvalue weighted by atomic mass is 10.1. The third-order valence-electron chi connectivity index (χ3n) is 2.99. The first kappa shape index (κ1) is 16.8. The van der Waals surface area contributed by atoms with Crippen LogP contribution in [-0.4, -0.2) is 23.0 Å². The Morgan fingerprint density at radius 3 is 2.73 bits per heavy atom. The first-order chi connectivity index (χ1) is 10.5. The summed E-state index contributed by atoms with van der Waals surface area (Å²) in [6.07, 6.45) is 1.64. The van der Waals surface area contributed by atoms with Gasteiger partial charge in [0.05, 0.1) is 30.1 Å². The summed E-state index contributed by atoms with van der Waals surface area (Å²) in [6, 6.07) is 3.47. The minimum absolute atomic E-state index is 0.0160. The van der Waals surface area contributed by atoms with Gasteiger partial charge in [0.15, 0.2) is 10.8 Å². The van der Waals surface area contributed by atoms with E-state index in [0.717, 1.165) is 0 Å². The lowest BCUT2D eigenvalue weighted by Crippen LogP contribution is -2.11. The van der Waals surface area contributed by atoms with E-state index in [1.807, 2.05) is 0 Å². The van der Waals surface area contributed by atoms with Gasteiger partial charge in [-0.3, -0.25) is 4.98 Å². The van der Waals surface area contributed by atoms with Crippen LogP contribution in [-0.2, 0) is 11.3 Å². The number of hydrogen-bond acceptors (Lipinski definition) is 5. The third-order valence-corrected chi connectivity index (χ3v) is 4.07. The molecule has 1 N–H and O–H groups in total. The molecular weight excluding hydrogens is 349 g/mol. The number of carbonyl (C=O) groups excluding carboxylic acids is 1. The molecule has 0 aromatic carbocycles. The number of nitrogens with one attached hydrogen (secondary N) is 1. The Hall–Kier alpha value is -1.56. The fourth-order valence-electron chi connectivity index (χ4n) is 1.84. The standard InChI is InChI=1S/C14H12Cl3N3O2/c1-7-11(19-6-9-8(15)4-3-5-18-9)10(16)13(17)20-12(7)14(21)22-2/h3-5H,6H2,1-2H3,(H,19,20). The minimum atomic E-state index is -0.588. The van der Waals surface area contributed by atoms with Crippen molar-refractivity contribution in [1.82, 2.24) is 9.97 Å². The zero-order valence-electron chi connectivity index (χ0n) is 11.8. The summed E-state index contributed by atoms with van der Waals surface area (Å²) < 4.78 is 4.68. The molecule has 8 heteroatoms. The summed E-state index contributed by atoms with van der Waals surface area (Å²) in [4.78, 5) is 19.9. The van der Waals surface area contributed by atoms with E-state index in [4.69, 9.17) is 34.8 Å². The Morgan fingerprint density at radius 2 is 2.09 bits per heavy atom. The van der Waals surface area contributed by atoms with Crippen LogP contribution in [0.4, 0.5) is 5.69 Å². The van der Waals surface area contributed by atoms with Gasteiger partial charge in [0.1, 0.15) is 5.02 Å². The van der Waals surface area contributed by atoms with Gasteiger partial charge in [-0.2, -0.15) is 0 Å². The molecule has 0 saturated carbocycles. The molecule has 116 valence electrons. The Balaban J connectivity index is 2.36. The maximum Gasteiger partial charge on any atom is 0.357 e. The van der Waals surface area contributed by atoms with Crippen molar-refractivity contribution in [3.05, 3.63) is 50.5 Å². The molecule has 0 aliphatic heterocycles. The summed E-state index contributed by atoms with van der Waals surface area (Å²) in [6.45, 7) is 2.02. The van der Waals surface area contributed by atoms with Crippen LogP contribution < -0.4 is 5.32 Å². The zero-order chi connectivity index (χ0) is 16.3. The van der Waals surface area contributed by atoms with Gasteiger partial charge in [0, 0.05) is 11.8 Å². The van der Waals surface area contributed by atoms with E-state index in [0.29, 0.717) is 28.5 Å². The quantitative estimate of drug-likeness (QED) is 0.655. The molecule has 0 saturated heterocycles. The summed E-state index contributed by atoms with van der Waals surface area (Å²) in [7, 11) is 1.27. The molecule has 0 amide bonds. The van der Waals surface area contributed by atoms with Crippen molar-refractivity contribution in [3.63, 3.8) is 0 Å². The van der Waals surface area contributed by atoms with Gasteiger partial charge >= 0.3 is 5.97 Å². The average Bonchev–Trinajstić information content (AvgIpc) is 2.51. The summed E-state index contributed by atoms with van der Waals surface area (Å²) in [5.41, 5.74) is 1.77. The van der Waals surface area contributed by atoms with Crippen molar-refractivity contribution in [2.24, 2.45) is 0 Å². The number of hydrogen-bond donors (Lipinski definition) is 1. The van der Waals surface area contributed by atoms with Gasteiger partial charge < -0.3 is 10.1 Å². The predicted octanol–water partition coefficient (Wildman–Crippen LogP) is 4.14. The zero-order valence-corrected chi connectivity index (χ0v) is 14.1. The highest BCUT2D eigenvalue weighted by atomic mass is 35.5. The van der Waals surface area contributed by atoms with E-state index in [1.165, 1.54) is 7.11 Å². The first-order valence-corrected chi connectivity index (χ1v) is 7.36. The number of carbonyl (C=O) groups is 1. The van der Waals surface area contributed by atoms with Gasteiger partial charge in [0.25, 0.3) is 0 Å². The highest BCUT2D eigenvalue weighted by Gasteiger charge is 2.20. The van der Waals surface area contributed by atoms with Gasteiger partial charge in [0.2, 0.25) is 0 Å². The third kappa shape index (κ3) is 3.43. The molecule has 2 rings (SSSR count). The van der Waals surface area contributed by atoms with E-state index < -0.39 is 5.97 Å². The van der Waals surface area contributed by atoms with Crippen molar-refractivity contribution in [3.8, 4) is 0 Å². The van der Waals surface area contributed by atoms with Crippen LogP contribution in [0.1, 0.15) is 21.7 Å². The number of aromatic nitrogens is 2. The largest absolute Gasteiger partial charge is 0.464 e. The van der Waals surface area contributed by atoms with Crippen LogP contribution >= 0.6 is 34.8 Å². The molecule has 0 fully saturated rings. The number of pyridine rings is 2. The number of rotatable bonds is 4. The van der Waals surface area contributed by atoms with Crippen molar-refractivity contribution < 1.29 is 9.53 Å². The number of nitrogens with zero attached hydrogens (tertiary/aromatic N) is 2. The van der Waals surface area contributed by atoms with E-state index in [1.54, 1.807) is 25.3 Å². The van der Waals surface area contributed by atoms with E-state index in [9.17, 15) is 4.79 Å². The van der Waals surface area contributed by atoms with Crippen molar-refractivity contribution in [1.29, 1.82) is 0 Å². The topological polar surface area (TPSA) is 64.1 Å². The number of ether oxygens (including phenoxy) is 1. The second kappa shape index (κ2) is 7.13. The van der Waals surface area contributed by atoms with Crippen LogP contribution in [0.2, 0.25) is 15.2 Å². The Kier molecular flexibility index (Phi) is 5.45. The lowest BCUT2D eigenvalue weighted by Gasteiger charge is -2.15. The van der Waals surface area contributed by atoms with Crippen molar-refractivity contribution in [2.45, 2.75) is 13.5 Å².